The van der Waals surface area contributed by atoms with Gasteiger partial charge in [-0.05, 0) is 24.6 Å². The molecule has 136 valence electrons. The maximum absolute atomic E-state index is 12.6. The summed E-state index contributed by atoms with van der Waals surface area (Å²) in [5, 5.41) is 7.09. The van der Waals surface area contributed by atoms with E-state index in [1.165, 1.54) is 17.7 Å². The normalized spacial score (nSPS) is 10.8. The molecule has 8 heteroatoms. The van der Waals surface area contributed by atoms with Crippen molar-refractivity contribution in [2.45, 2.75) is 13.3 Å². The van der Waals surface area contributed by atoms with E-state index in [0.717, 1.165) is 27.3 Å². The van der Waals surface area contributed by atoms with E-state index in [4.69, 9.17) is 4.74 Å². The lowest BCUT2D eigenvalue weighted by Crippen LogP contribution is -2.25. The van der Waals surface area contributed by atoms with Crippen LogP contribution in [-0.4, -0.2) is 47.7 Å². The van der Waals surface area contributed by atoms with E-state index in [2.05, 4.69) is 25.6 Å². The van der Waals surface area contributed by atoms with Gasteiger partial charge >= 0.3 is 0 Å². The number of hydrogen-bond donors (Lipinski definition) is 2. The second-order valence-corrected chi connectivity index (χ2v) is 6.70. The SMILES string of the molecule is COCCNc1ncnc2sc(C(=O)NCCc3ccccn3)c(C)c12. The summed E-state index contributed by atoms with van der Waals surface area (Å²) < 4.78 is 5.06. The van der Waals surface area contributed by atoms with Crippen LogP contribution in [0.15, 0.2) is 30.7 Å². The Kier molecular flexibility index (Phi) is 6.08. The lowest BCUT2D eigenvalue weighted by atomic mass is 10.2. The molecule has 0 radical (unpaired) electrons. The number of pyridine rings is 1. The third-order valence-corrected chi connectivity index (χ3v) is 5.12. The quantitative estimate of drug-likeness (QED) is 0.591. The highest BCUT2D eigenvalue weighted by molar-refractivity contribution is 7.20. The molecule has 0 aliphatic rings. The Bertz CT molecular complexity index is 882. The summed E-state index contributed by atoms with van der Waals surface area (Å²) in [6, 6.07) is 5.77. The molecule has 26 heavy (non-hydrogen) atoms. The summed E-state index contributed by atoms with van der Waals surface area (Å²) >= 11 is 1.38. The largest absolute Gasteiger partial charge is 0.383 e. The number of carbonyl (C=O) groups excluding carboxylic acids is 1. The highest BCUT2D eigenvalue weighted by Crippen LogP contribution is 2.33. The van der Waals surface area contributed by atoms with Crippen molar-refractivity contribution in [3.05, 3.63) is 46.9 Å². The Balaban J connectivity index is 1.72. The average Bonchev–Trinajstić information content (AvgIpc) is 3.00. The number of hydrogen-bond acceptors (Lipinski definition) is 7. The Hall–Kier alpha value is -2.58. The molecule has 7 nitrogen and oxygen atoms in total. The van der Waals surface area contributed by atoms with Gasteiger partial charge in [-0.2, -0.15) is 0 Å². The van der Waals surface area contributed by atoms with Crippen LogP contribution < -0.4 is 10.6 Å². The topological polar surface area (TPSA) is 89.0 Å². The van der Waals surface area contributed by atoms with Crippen molar-refractivity contribution in [1.82, 2.24) is 20.3 Å². The third kappa shape index (κ3) is 4.14. The molecule has 0 aliphatic heterocycles. The van der Waals surface area contributed by atoms with Gasteiger partial charge < -0.3 is 15.4 Å². The molecule has 2 N–H and O–H groups in total. The van der Waals surface area contributed by atoms with Crippen molar-refractivity contribution < 1.29 is 9.53 Å². The summed E-state index contributed by atoms with van der Waals surface area (Å²) in [5.41, 5.74) is 1.84. The fourth-order valence-corrected chi connectivity index (χ4v) is 3.69. The van der Waals surface area contributed by atoms with Crippen LogP contribution in [0.25, 0.3) is 10.2 Å². The van der Waals surface area contributed by atoms with Crippen LogP contribution in [0.2, 0.25) is 0 Å². The van der Waals surface area contributed by atoms with Gasteiger partial charge in [-0.25, -0.2) is 9.97 Å². The van der Waals surface area contributed by atoms with E-state index in [0.29, 0.717) is 31.0 Å². The van der Waals surface area contributed by atoms with E-state index in [1.54, 1.807) is 13.3 Å². The van der Waals surface area contributed by atoms with Gasteiger partial charge in [0.05, 0.1) is 16.9 Å². The van der Waals surface area contributed by atoms with Crippen LogP contribution >= 0.6 is 11.3 Å². The Morgan fingerprint density at radius 3 is 2.88 bits per heavy atom. The lowest BCUT2D eigenvalue weighted by molar-refractivity contribution is 0.0957. The van der Waals surface area contributed by atoms with E-state index >= 15 is 0 Å². The number of anilines is 1. The lowest BCUT2D eigenvalue weighted by Gasteiger charge is -2.07. The molecule has 3 rings (SSSR count). The zero-order valence-corrected chi connectivity index (χ0v) is 15.6. The first-order valence-corrected chi connectivity index (χ1v) is 9.17. The Morgan fingerprint density at radius 1 is 1.23 bits per heavy atom. The summed E-state index contributed by atoms with van der Waals surface area (Å²) in [6.45, 7) is 3.69. The van der Waals surface area contributed by atoms with Gasteiger partial charge in [-0.3, -0.25) is 9.78 Å². The summed E-state index contributed by atoms with van der Waals surface area (Å²) in [6.07, 6.45) is 3.96. The second kappa shape index (κ2) is 8.68. The van der Waals surface area contributed by atoms with Crippen molar-refractivity contribution in [2.75, 3.05) is 32.1 Å². The number of carbonyl (C=O) groups is 1. The zero-order chi connectivity index (χ0) is 18.4. The standard InChI is InChI=1S/C18H21N5O2S/c1-12-14-16(20-9-10-25-2)22-11-23-18(14)26-15(12)17(24)21-8-6-13-5-3-4-7-19-13/h3-5,7,11H,6,8-10H2,1-2H3,(H,21,24)(H,20,22,23). The summed E-state index contributed by atoms with van der Waals surface area (Å²) in [4.78, 5) is 26.9. The summed E-state index contributed by atoms with van der Waals surface area (Å²) in [7, 11) is 1.65. The van der Waals surface area contributed by atoms with Crippen molar-refractivity contribution in [3.63, 3.8) is 0 Å². The predicted octanol–water partition coefficient (Wildman–Crippen LogP) is 2.43. The van der Waals surface area contributed by atoms with Crippen molar-refractivity contribution in [3.8, 4) is 0 Å². The third-order valence-electron chi connectivity index (χ3n) is 3.92. The van der Waals surface area contributed by atoms with Crippen LogP contribution in [0.1, 0.15) is 20.9 Å². The van der Waals surface area contributed by atoms with Crippen LogP contribution in [0.4, 0.5) is 5.82 Å². The molecule has 0 aliphatic carbocycles. The minimum atomic E-state index is -0.0933. The maximum Gasteiger partial charge on any atom is 0.261 e. The molecule has 0 unspecified atom stereocenters. The molecule has 0 bridgehead atoms. The number of aryl methyl sites for hydroxylation is 1. The smallest absolute Gasteiger partial charge is 0.261 e. The van der Waals surface area contributed by atoms with Gasteiger partial charge in [-0.1, -0.05) is 6.07 Å². The zero-order valence-electron chi connectivity index (χ0n) is 14.8. The van der Waals surface area contributed by atoms with Crippen LogP contribution in [0.5, 0.6) is 0 Å². The molecule has 0 saturated carbocycles. The Morgan fingerprint density at radius 2 is 2.12 bits per heavy atom. The first-order valence-electron chi connectivity index (χ1n) is 8.35. The average molecular weight is 371 g/mol. The molecule has 0 spiro atoms. The number of nitrogens with one attached hydrogen (secondary N) is 2. The van der Waals surface area contributed by atoms with Crippen LogP contribution in [-0.2, 0) is 11.2 Å². The summed E-state index contributed by atoms with van der Waals surface area (Å²) in [5.74, 6) is 0.637. The highest BCUT2D eigenvalue weighted by atomic mass is 32.1. The number of nitrogens with zero attached hydrogens (tertiary/aromatic N) is 3. The molecule has 3 aromatic heterocycles. The molecular weight excluding hydrogens is 350 g/mol. The van der Waals surface area contributed by atoms with Gasteiger partial charge in [0, 0.05) is 38.5 Å². The number of amides is 1. The predicted molar refractivity (Wildman–Crippen MR) is 103 cm³/mol. The van der Waals surface area contributed by atoms with E-state index in [1.807, 2.05) is 25.1 Å². The monoisotopic (exact) mass is 371 g/mol. The maximum atomic E-state index is 12.6. The number of fused-ring (bicyclic) bond motifs is 1. The van der Waals surface area contributed by atoms with Gasteiger partial charge in [-0.15, -0.1) is 11.3 Å². The molecule has 0 fully saturated rings. The van der Waals surface area contributed by atoms with E-state index < -0.39 is 0 Å². The van der Waals surface area contributed by atoms with Crippen molar-refractivity contribution in [2.24, 2.45) is 0 Å². The minimum absolute atomic E-state index is 0.0933. The fraction of sp³-hybridized carbons (Fsp3) is 0.333. The highest BCUT2D eigenvalue weighted by Gasteiger charge is 2.19. The van der Waals surface area contributed by atoms with E-state index in [9.17, 15) is 4.79 Å². The van der Waals surface area contributed by atoms with Crippen molar-refractivity contribution in [1.29, 1.82) is 0 Å². The van der Waals surface area contributed by atoms with Crippen molar-refractivity contribution >= 4 is 33.3 Å². The van der Waals surface area contributed by atoms with Gasteiger partial charge in [0.2, 0.25) is 0 Å². The molecule has 1 amide bonds. The minimum Gasteiger partial charge on any atom is -0.383 e. The van der Waals surface area contributed by atoms with Gasteiger partial charge in [0.1, 0.15) is 17.0 Å². The second-order valence-electron chi connectivity index (χ2n) is 5.71. The molecule has 0 saturated heterocycles. The molecule has 0 aromatic carbocycles. The number of thiophene rings is 1. The molecular formula is C18H21N5O2S. The first kappa shape index (κ1) is 18.2. The Labute approximate surface area is 155 Å². The number of ether oxygens (including phenoxy) is 1. The number of rotatable bonds is 8. The van der Waals surface area contributed by atoms with Gasteiger partial charge in [0.15, 0.2) is 0 Å². The first-order chi connectivity index (χ1) is 12.7. The number of aromatic nitrogens is 3. The number of methoxy groups -OCH3 is 1. The fourth-order valence-electron chi connectivity index (χ4n) is 2.62. The van der Waals surface area contributed by atoms with Gasteiger partial charge in [0.25, 0.3) is 5.91 Å². The van der Waals surface area contributed by atoms with Crippen LogP contribution in [0, 0.1) is 6.92 Å². The molecule has 3 aromatic rings. The molecule has 3 heterocycles. The molecule has 0 atom stereocenters. The van der Waals surface area contributed by atoms with Crippen LogP contribution in [0.3, 0.4) is 0 Å². The van der Waals surface area contributed by atoms with E-state index in [-0.39, 0.29) is 5.91 Å².